The monoisotopic (exact) mass is 237 g/mol. The van der Waals surface area contributed by atoms with Gasteiger partial charge in [0.15, 0.2) is 0 Å². The molecule has 0 saturated carbocycles. The zero-order valence-corrected chi connectivity index (χ0v) is 9.68. The molecule has 18 heavy (non-hydrogen) atoms. The quantitative estimate of drug-likeness (QED) is 0.868. The van der Waals surface area contributed by atoms with E-state index >= 15 is 0 Å². The normalized spacial score (nSPS) is 11.5. The van der Waals surface area contributed by atoms with Crippen molar-refractivity contribution >= 4 is 12.3 Å². The van der Waals surface area contributed by atoms with E-state index in [9.17, 15) is 0 Å². The molecular formula is C14H11N3O. The Kier molecular flexibility index (Phi) is 3.26. The molecule has 1 N–H and O–H groups in total. The maximum atomic E-state index is 8.81. The van der Waals surface area contributed by atoms with Gasteiger partial charge in [0, 0.05) is 29.0 Å². The summed E-state index contributed by atoms with van der Waals surface area (Å²) in [6.07, 6.45) is 4.87. The minimum absolute atomic E-state index is 0.351. The van der Waals surface area contributed by atoms with E-state index in [2.05, 4.69) is 23.1 Å². The lowest BCUT2D eigenvalue weighted by atomic mass is 10.3. The van der Waals surface area contributed by atoms with Crippen molar-refractivity contribution in [3.63, 3.8) is 0 Å². The van der Waals surface area contributed by atoms with Gasteiger partial charge in [-0.25, -0.2) is 4.98 Å². The van der Waals surface area contributed by atoms with Gasteiger partial charge in [0.25, 0.3) is 0 Å². The summed E-state index contributed by atoms with van der Waals surface area (Å²) in [6.45, 7) is 7.55. The largest absolute Gasteiger partial charge is 0.438 e. The van der Waals surface area contributed by atoms with Crippen molar-refractivity contribution in [2.45, 2.75) is 0 Å². The van der Waals surface area contributed by atoms with Crippen LogP contribution in [-0.2, 0) is 0 Å². The highest BCUT2D eigenvalue weighted by Crippen LogP contribution is 2.12. The van der Waals surface area contributed by atoms with Crippen LogP contribution < -0.4 is 15.3 Å². The molecule has 0 spiro atoms. The van der Waals surface area contributed by atoms with E-state index in [1.165, 1.54) is 6.20 Å². The van der Waals surface area contributed by atoms with Gasteiger partial charge in [-0.15, -0.1) is 0 Å². The second kappa shape index (κ2) is 5.02. The van der Waals surface area contributed by atoms with Crippen molar-refractivity contribution < 1.29 is 4.74 Å². The van der Waals surface area contributed by atoms with Gasteiger partial charge in [-0.1, -0.05) is 13.2 Å². The Bertz CT molecular complexity index is 722. The van der Waals surface area contributed by atoms with Crippen LogP contribution in [0.2, 0.25) is 0 Å². The SMILES string of the molecule is C=C/C(Oc1cc(C#N)ccn1)=c1/cc[nH]c1=C. The molecule has 0 aliphatic rings. The summed E-state index contributed by atoms with van der Waals surface area (Å²) in [6, 6.07) is 7.05. The highest BCUT2D eigenvalue weighted by molar-refractivity contribution is 5.51. The van der Waals surface area contributed by atoms with Crippen LogP contribution in [0.1, 0.15) is 5.56 Å². The number of hydrogen-bond acceptors (Lipinski definition) is 3. The number of aromatic nitrogens is 2. The standard InChI is InChI=1S/C14H11N3O/c1-3-13(12-5-7-16-10(12)2)18-14-8-11(9-15)4-6-17-14/h3-8,16H,1-2H2/b13-12+. The van der Waals surface area contributed by atoms with Gasteiger partial charge in [-0.2, -0.15) is 5.26 Å². The molecule has 88 valence electrons. The van der Waals surface area contributed by atoms with E-state index in [0.29, 0.717) is 17.2 Å². The Morgan fingerprint density at radius 3 is 2.94 bits per heavy atom. The molecule has 0 unspecified atom stereocenters. The number of hydrogen-bond donors (Lipinski definition) is 1. The Balaban J connectivity index is 2.45. The van der Waals surface area contributed by atoms with Gasteiger partial charge in [-0.05, 0) is 18.2 Å². The molecule has 4 heteroatoms. The van der Waals surface area contributed by atoms with E-state index in [1.54, 1.807) is 24.4 Å². The summed E-state index contributed by atoms with van der Waals surface area (Å²) < 4.78 is 5.61. The second-order valence-electron chi connectivity index (χ2n) is 3.53. The van der Waals surface area contributed by atoms with E-state index in [4.69, 9.17) is 10.00 Å². The molecule has 0 aromatic carbocycles. The van der Waals surface area contributed by atoms with Crippen LogP contribution in [-0.4, -0.2) is 9.97 Å². The Hall–Kier alpha value is -2.80. The third kappa shape index (κ3) is 2.30. The van der Waals surface area contributed by atoms with E-state index < -0.39 is 0 Å². The number of aromatic amines is 1. The van der Waals surface area contributed by atoms with Gasteiger partial charge >= 0.3 is 0 Å². The number of pyridine rings is 1. The highest BCUT2D eigenvalue weighted by atomic mass is 16.5. The van der Waals surface area contributed by atoms with Crippen molar-refractivity contribution in [1.82, 2.24) is 9.97 Å². The fourth-order valence-corrected chi connectivity index (χ4v) is 1.49. The molecule has 0 atom stereocenters. The average molecular weight is 237 g/mol. The molecule has 2 aromatic heterocycles. The Morgan fingerprint density at radius 2 is 2.33 bits per heavy atom. The lowest BCUT2D eigenvalue weighted by Gasteiger charge is -2.04. The van der Waals surface area contributed by atoms with Gasteiger partial charge < -0.3 is 9.72 Å². The smallest absolute Gasteiger partial charge is 0.220 e. The Morgan fingerprint density at radius 1 is 1.50 bits per heavy atom. The van der Waals surface area contributed by atoms with Gasteiger partial charge in [0.1, 0.15) is 5.76 Å². The van der Waals surface area contributed by atoms with E-state index in [1.807, 2.05) is 12.1 Å². The zero-order chi connectivity index (χ0) is 13.0. The molecule has 2 rings (SSSR count). The van der Waals surface area contributed by atoms with Gasteiger partial charge in [0.05, 0.1) is 11.6 Å². The molecule has 0 saturated heterocycles. The van der Waals surface area contributed by atoms with Crippen LogP contribution >= 0.6 is 0 Å². The first-order valence-electron chi connectivity index (χ1n) is 5.27. The van der Waals surface area contributed by atoms with Crippen LogP contribution in [0.25, 0.3) is 12.3 Å². The fourth-order valence-electron chi connectivity index (χ4n) is 1.49. The third-order valence-electron chi connectivity index (χ3n) is 2.36. The molecule has 0 amide bonds. The second-order valence-corrected chi connectivity index (χ2v) is 3.53. The summed E-state index contributed by atoms with van der Waals surface area (Å²) in [7, 11) is 0. The molecule has 0 aliphatic carbocycles. The first kappa shape index (κ1) is 11.7. The summed E-state index contributed by atoms with van der Waals surface area (Å²) in [5.41, 5.74) is 0.493. The lowest BCUT2D eigenvalue weighted by molar-refractivity contribution is 0.493. The maximum Gasteiger partial charge on any atom is 0.220 e. The predicted molar refractivity (Wildman–Crippen MR) is 68.7 cm³/mol. The number of H-pyrrole nitrogens is 1. The zero-order valence-electron chi connectivity index (χ0n) is 9.68. The molecule has 2 aromatic rings. The van der Waals surface area contributed by atoms with Crippen LogP contribution in [0.4, 0.5) is 0 Å². The number of ether oxygens (including phenoxy) is 1. The average Bonchev–Trinajstić information content (AvgIpc) is 2.82. The Labute approximate surface area is 104 Å². The van der Waals surface area contributed by atoms with Crippen LogP contribution in [0.3, 0.4) is 0 Å². The van der Waals surface area contributed by atoms with Gasteiger partial charge in [-0.3, -0.25) is 0 Å². The van der Waals surface area contributed by atoms with Crippen molar-refractivity contribution in [3.05, 3.63) is 59.4 Å². The summed E-state index contributed by atoms with van der Waals surface area (Å²) >= 11 is 0. The predicted octanol–water partition coefficient (Wildman–Crippen LogP) is 1.06. The maximum absolute atomic E-state index is 8.81. The fraction of sp³-hybridized carbons (Fsp3) is 0. The molecule has 4 nitrogen and oxygen atoms in total. The molecule has 2 heterocycles. The van der Waals surface area contributed by atoms with E-state index in [-0.39, 0.29) is 0 Å². The minimum Gasteiger partial charge on any atom is -0.438 e. The van der Waals surface area contributed by atoms with Gasteiger partial charge in [0.2, 0.25) is 5.88 Å². The summed E-state index contributed by atoms with van der Waals surface area (Å²) in [4.78, 5) is 7.00. The molecule has 0 aliphatic heterocycles. The number of nitrogens with one attached hydrogen (secondary N) is 1. The first-order valence-corrected chi connectivity index (χ1v) is 5.27. The highest BCUT2D eigenvalue weighted by Gasteiger charge is 2.02. The minimum atomic E-state index is 0.351. The van der Waals surface area contributed by atoms with Crippen LogP contribution in [0.5, 0.6) is 5.88 Å². The number of rotatable bonds is 3. The van der Waals surface area contributed by atoms with Crippen molar-refractivity contribution in [1.29, 1.82) is 5.26 Å². The van der Waals surface area contributed by atoms with Crippen molar-refractivity contribution in [2.24, 2.45) is 0 Å². The number of nitrogens with zero attached hydrogens (tertiary/aromatic N) is 2. The topological polar surface area (TPSA) is 61.7 Å². The molecular weight excluding hydrogens is 226 g/mol. The molecule has 0 radical (unpaired) electrons. The summed E-state index contributed by atoms with van der Waals surface area (Å²) in [5, 5.41) is 10.4. The third-order valence-corrected chi connectivity index (χ3v) is 2.36. The van der Waals surface area contributed by atoms with Crippen molar-refractivity contribution in [2.75, 3.05) is 0 Å². The summed E-state index contributed by atoms with van der Waals surface area (Å²) in [5.74, 6) is 0.897. The molecule has 0 fully saturated rings. The van der Waals surface area contributed by atoms with Crippen molar-refractivity contribution in [3.8, 4) is 11.9 Å². The molecule has 0 bridgehead atoms. The lowest BCUT2D eigenvalue weighted by Crippen LogP contribution is -2.24. The first-order chi connectivity index (χ1) is 8.74. The van der Waals surface area contributed by atoms with E-state index in [0.717, 1.165) is 10.6 Å². The van der Waals surface area contributed by atoms with Crippen LogP contribution in [0, 0.1) is 11.3 Å². The number of nitriles is 1. The van der Waals surface area contributed by atoms with Crippen LogP contribution in [0.15, 0.2) is 43.2 Å².